The number of amides is 2. The van der Waals surface area contributed by atoms with E-state index in [0.29, 0.717) is 0 Å². The third-order valence-electron chi connectivity index (χ3n) is 1.75. The maximum absolute atomic E-state index is 11.3. The number of urea groups is 1. The van der Waals surface area contributed by atoms with Crippen LogP contribution in [0.15, 0.2) is 20.9 Å². The molecule has 0 atom stereocenters. The van der Waals surface area contributed by atoms with E-state index in [4.69, 9.17) is 16.1 Å². The maximum atomic E-state index is 11.3. The first-order valence-electron chi connectivity index (χ1n) is 4.50. The summed E-state index contributed by atoms with van der Waals surface area (Å²) in [6.07, 6.45) is 2.02. The summed E-state index contributed by atoms with van der Waals surface area (Å²) in [5, 5.41) is 20.4. The van der Waals surface area contributed by atoms with Crippen LogP contribution in [-0.4, -0.2) is 32.2 Å². The van der Waals surface area contributed by atoms with Crippen LogP contribution in [0.2, 0.25) is 0 Å². The van der Waals surface area contributed by atoms with Crippen molar-refractivity contribution in [3.63, 3.8) is 0 Å². The number of aromatic amines is 1. The summed E-state index contributed by atoms with van der Waals surface area (Å²) in [4.78, 5) is 34.5. The van der Waals surface area contributed by atoms with Gasteiger partial charge in [0.2, 0.25) is 0 Å². The second-order valence-corrected chi connectivity index (χ2v) is 3.00. The van der Waals surface area contributed by atoms with Crippen LogP contribution in [0, 0.1) is 0 Å². The zero-order valence-electron chi connectivity index (χ0n) is 8.90. The Morgan fingerprint density at radius 1 is 1.61 bits per heavy atom. The zero-order chi connectivity index (χ0) is 13.7. The van der Waals surface area contributed by atoms with Crippen LogP contribution >= 0.6 is 0 Å². The van der Waals surface area contributed by atoms with Crippen LogP contribution in [0.25, 0.3) is 0 Å². The predicted molar refractivity (Wildman–Crippen MR) is 58.6 cm³/mol. The molecule has 1 heterocycles. The summed E-state index contributed by atoms with van der Waals surface area (Å²) in [5.74, 6) is 0. The monoisotopic (exact) mass is 258 g/mol. The summed E-state index contributed by atoms with van der Waals surface area (Å²) in [5.41, 5.74) is 4.33. The Morgan fingerprint density at radius 3 is 2.83 bits per heavy atom. The summed E-state index contributed by atoms with van der Waals surface area (Å²) >= 11 is 0. The van der Waals surface area contributed by atoms with E-state index in [2.05, 4.69) is 5.10 Å². The van der Waals surface area contributed by atoms with E-state index in [1.807, 2.05) is 10.4 Å². The highest BCUT2D eigenvalue weighted by atomic mass is 16.8. The Hall–Kier alpha value is -2.66. The molecule has 0 aromatic carbocycles. The van der Waals surface area contributed by atoms with Crippen LogP contribution in [-0.2, 0) is 6.54 Å². The molecule has 1 aromatic heterocycles. The molecule has 0 saturated heterocycles. The van der Waals surface area contributed by atoms with Gasteiger partial charge in [0.05, 0.1) is 6.54 Å². The van der Waals surface area contributed by atoms with E-state index in [0.717, 1.165) is 17.0 Å². The van der Waals surface area contributed by atoms with Gasteiger partial charge in [0.25, 0.3) is 5.56 Å². The third kappa shape index (κ3) is 3.43. The Labute approximate surface area is 98.7 Å². The van der Waals surface area contributed by atoms with Gasteiger partial charge < -0.3 is 5.73 Å². The molecule has 98 valence electrons. The number of primary amides is 1. The second-order valence-electron chi connectivity index (χ2n) is 3.00. The lowest BCUT2D eigenvalue weighted by atomic mass is 10.5. The molecule has 6 N–H and O–H groups in total. The molecule has 0 unspecified atom stereocenters. The van der Waals surface area contributed by atoms with Crippen molar-refractivity contribution in [3.8, 4) is 0 Å². The fourth-order valence-corrected chi connectivity index (χ4v) is 1.01. The highest BCUT2D eigenvalue weighted by molar-refractivity contribution is 5.72. The number of nitrogens with two attached hydrogens (primary N) is 1. The van der Waals surface area contributed by atoms with Crippen molar-refractivity contribution in [2.24, 2.45) is 10.8 Å². The first kappa shape index (κ1) is 13.4. The molecular weight excluding hydrogens is 248 g/mol. The predicted octanol–water partition coefficient (Wildman–Crippen LogP) is -2.22. The first-order chi connectivity index (χ1) is 8.41. The molecule has 11 heteroatoms. The molecule has 1 rings (SSSR count). The van der Waals surface area contributed by atoms with E-state index in [1.165, 1.54) is 0 Å². The van der Waals surface area contributed by atoms with E-state index in [9.17, 15) is 14.4 Å². The SMILES string of the molecule is NC(=O)NN=CCn1cc(N(O)O)c(=O)[nH]c1=O. The van der Waals surface area contributed by atoms with Crippen molar-refractivity contribution in [2.75, 3.05) is 5.23 Å². The fourth-order valence-electron chi connectivity index (χ4n) is 1.01. The van der Waals surface area contributed by atoms with E-state index < -0.39 is 28.2 Å². The van der Waals surface area contributed by atoms with E-state index >= 15 is 0 Å². The van der Waals surface area contributed by atoms with E-state index in [1.54, 1.807) is 0 Å². The number of aromatic nitrogens is 2. The molecule has 0 saturated carbocycles. The van der Waals surface area contributed by atoms with Crippen molar-refractivity contribution in [3.05, 3.63) is 27.0 Å². The average molecular weight is 258 g/mol. The lowest BCUT2D eigenvalue weighted by molar-refractivity contribution is 0.0279. The molecule has 0 fully saturated rings. The molecule has 0 aliphatic heterocycles. The Morgan fingerprint density at radius 2 is 2.28 bits per heavy atom. The number of hydrogen-bond acceptors (Lipinski definition) is 7. The molecule has 0 aliphatic carbocycles. The molecular formula is C7H10N6O5. The minimum absolute atomic E-state index is 0.128. The normalized spacial score (nSPS) is 10.6. The van der Waals surface area contributed by atoms with Gasteiger partial charge in [-0.15, -0.1) is 5.23 Å². The number of carbonyl (C=O) groups is 1. The molecule has 0 bridgehead atoms. The number of H-pyrrole nitrogens is 1. The lowest BCUT2D eigenvalue weighted by Gasteiger charge is -2.08. The van der Waals surface area contributed by atoms with Crippen molar-refractivity contribution in [2.45, 2.75) is 6.54 Å². The van der Waals surface area contributed by atoms with Crippen LogP contribution in [0.1, 0.15) is 0 Å². The van der Waals surface area contributed by atoms with Gasteiger partial charge in [-0.3, -0.25) is 24.8 Å². The number of anilines is 1. The fraction of sp³-hybridized carbons (Fsp3) is 0.143. The molecule has 2 amide bonds. The quantitative estimate of drug-likeness (QED) is 0.303. The number of hydrazone groups is 1. The van der Waals surface area contributed by atoms with Gasteiger partial charge in [0.15, 0.2) is 5.69 Å². The molecule has 11 nitrogen and oxygen atoms in total. The number of carbonyl (C=O) groups excluding carboxylic acids is 1. The lowest BCUT2D eigenvalue weighted by Crippen LogP contribution is -2.34. The van der Waals surface area contributed by atoms with Gasteiger partial charge in [-0.25, -0.2) is 15.0 Å². The second kappa shape index (κ2) is 5.60. The molecule has 0 radical (unpaired) electrons. The molecule has 0 spiro atoms. The van der Waals surface area contributed by atoms with Crippen LogP contribution in [0.3, 0.4) is 0 Å². The Balaban J connectivity index is 2.93. The number of hydrogen-bond donors (Lipinski definition) is 5. The van der Waals surface area contributed by atoms with Gasteiger partial charge in [-0.05, 0) is 0 Å². The number of rotatable bonds is 4. The molecule has 18 heavy (non-hydrogen) atoms. The van der Waals surface area contributed by atoms with Gasteiger partial charge in [0, 0.05) is 12.4 Å². The van der Waals surface area contributed by atoms with Gasteiger partial charge in [-0.2, -0.15) is 5.10 Å². The Kier molecular flexibility index (Phi) is 4.17. The van der Waals surface area contributed by atoms with Crippen molar-refractivity contribution < 1.29 is 15.2 Å². The standard InChI is InChI=1S/C7H10N6O5/c8-6(15)11-9-1-2-12-3-4(13(17)18)5(14)10-7(12)16/h1,3,17-18H,2H2,(H3,8,11,15)(H,10,14,16). The minimum Gasteiger partial charge on any atom is -0.350 e. The van der Waals surface area contributed by atoms with E-state index in [-0.39, 0.29) is 6.54 Å². The van der Waals surface area contributed by atoms with Crippen LogP contribution < -0.4 is 27.6 Å². The summed E-state index contributed by atoms with van der Waals surface area (Å²) in [6.45, 7) is -0.128. The van der Waals surface area contributed by atoms with Crippen molar-refractivity contribution in [1.29, 1.82) is 0 Å². The van der Waals surface area contributed by atoms with Crippen LogP contribution in [0.5, 0.6) is 0 Å². The number of nitrogens with zero attached hydrogens (tertiary/aromatic N) is 3. The smallest absolute Gasteiger partial charge is 0.332 e. The van der Waals surface area contributed by atoms with Crippen molar-refractivity contribution >= 4 is 17.9 Å². The van der Waals surface area contributed by atoms with Crippen LogP contribution in [0.4, 0.5) is 10.5 Å². The van der Waals surface area contributed by atoms with Gasteiger partial charge in [0.1, 0.15) is 0 Å². The minimum atomic E-state index is -0.964. The van der Waals surface area contributed by atoms with Gasteiger partial charge in [-0.1, -0.05) is 0 Å². The summed E-state index contributed by atoms with van der Waals surface area (Å²) < 4.78 is 0.919. The third-order valence-corrected chi connectivity index (χ3v) is 1.75. The average Bonchev–Trinajstić information content (AvgIpc) is 2.25. The highest BCUT2D eigenvalue weighted by Crippen LogP contribution is 1.97. The number of nitrogens with one attached hydrogen (secondary N) is 2. The maximum Gasteiger partial charge on any atom is 0.332 e. The molecule has 0 aliphatic rings. The van der Waals surface area contributed by atoms with Crippen molar-refractivity contribution in [1.82, 2.24) is 15.0 Å². The molecule has 1 aromatic rings. The Bertz CT molecular complexity index is 572. The first-order valence-corrected chi connectivity index (χ1v) is 4.50. The topological polar surface area (TPSA) is 166 Å². The zero-order valence-corrected chi connectivity index (χ0v) is 8.90. The highest BCUT2D eigenvalue weighted by Gasteiger charge is 2.08. The van der Waals surface area contributed by atoms with Gasteiger partial charge >= 0.3 is 11.7 Å². The summed E-state index contributed by atoms with van der Waals surface area (Å²) in [7, 11) is 0. The summed E-state index contributed by atoms with van der Waals surface area (Å²) in [6, 6.07) is -0.877. The largest absolute Gasteiger partial charge is 0.350 e.